The van der Waals surface area contributed by atoms with Gasteiger partial charge in [-0.2, -0.15) is 0 Å². The number of hydrogen-bond acceptors (Lipinski definition) is 3. The molecular formula is C14H23N3. The van der Waals surface area contributed by atoms with E-state index in [-0.39, 0.29) is 0 Å². The van der Waals surface area contributed by atoms with Crippen LogP contribution in [0.5, 0.6) is 0 Å². The monoisotopic (exact) mass is 233 g/mol. The van der Waals surface area contributed by atoms with E-state index < -0.39 is 0 Å². The Bertz CT molecular complexity index is 389. The van der Waals surface area contributed by atoms with Crippen molar-refractivity contribution in [2.45, 2.75) is 53.0 Å². The van der Waals surface area contributed by atoms with Crippen LogP contribution in [-0.4, -0.2) is 16.0 Å². The van der Waals surface area contributed by atoms with Crippen LogP contribution < -0.4 is 5.32 Å². The summed E-state index contributed by atoms with van der Waals surface area (Å²) >= 11 is 0. The standard InChI is InChI=1S/C14H23N3/c1-5-12-6-7-13(10(12)3)17-14-11(4)15-8-9(2)16-14/h8,10,12-13H,5-7H2,1-4H3,(H,16,17). The van der Waals surface area contributed by atoms with Gasteiger partial charge < -0.3 is 5.32 Å². The van der Waals surface area contributed by atoms with Gasteiger partial charge >= 0.3 is 0 Å². The Labute approximate surface area is 104 Å². The highest BCUT2D eigenvalue weighted by atomic mass is 15.1. The van der Waals surface area contributed by atoms with Crippen molar-refractivity contribution in [3.63, 3.8) is 0 Å². The van der Waals surface area contributed by atoms with Crippen molar-refractivity contribution in [3.8, 4) is 0 Å². The van der Waals surface area contributed by atoms with Crippen LogP contribution in [0.25, 0.3) is 0 Å². The summed E-state index contributed by atoms with van der Waals surface area (Å²) in [5, 5.41) is 3.59. The summed E-state index contributed by atoms with van der Waals surface area (Å²) in [6.07, 6.45) is 5.72. The summed E-state index contributed by atoms with van der Waals surface area (Å²) in [5.74, 6) is 2.57. The van der Waals surface area contributed by atoms with E-state index >= 15 is 0 Å². The second-order valence-corrected chi connectivity index (χ2v) is 5.30. The van der Waals surface area contributed by atoms with E-state index in [1.807, 2.05) is 20.0 Å². The normalized spacial score (nSPS) is 28.4. The van der Waals surface area contributed by atoms with Crippen LogP contribution in [0, 0.1) is 25.7 Å². The lowest BCUT2D eigenvalue weighted by atomic mass is 9.93. The topological polar surface area (TPSA) is 37.8 Å². The summed E-state index contributed by atoms with van der Waals surface area (Å²) in [5.41, 5.74) is 1.98. The van der Waals surface area contributed by atoms with E-state index in [0.29, 0.717) is 6.04 Å². The van der Waals surface area contributed by atoms with Gasteiger partial charge in [0.05, 0.1) is 11.4 Å². The first-order valence-corrected chi connectivity index (χ1v) is 6.68. The molecule has 3 heteroatoms. The van der Waals surface area contributed by atoms with Gasteiger partial charge in [0.2, 0.25) is 0 Å². The van der Waals surface area contributed by atoms with Crippen molar-refractivity contribution in [1.29, 1.82) is 0 Å². The Balaban J connectivity index is 2.09. The van der Waals surface area contributed by atoms with Gasteiger partial charge in [0.15, 0.2) is 0 Å². The molecule has 1 aromatic rings. The van der Waals surface area contributed by atoms with E-state index in [1.54, 1.807) is 0 Å². The van der Waals surface area contributed by atoms with E-state index in [1.165, 1.54) is 19.3 Å². The van der Waals surface area contributed by atoms with Crippen molar-refractivity contribution in [2.24, 2.45) is 11.8 Å². The molecule has 0 amide bonds. The Kier molecular flexibility index (Phi) is 3.65. The zero-order chi connectivity index (χ0) is 12.4. The van der Waals surface area contributed by atoms with Crippen LogP contribution in [-0.2, 0) is 0 Å². The number of anilines is 1. The highest BCUT2D eigenvalue weighted by molar-refractivity contribution is 5.41. The van der Waals surface area contributed by atoms with Gasteiger partial charge in [0.1, 0.15) is 5.82 Å². The predicted octanol–water partition coefficient (Wildman–Crippen LogP) is 3.33. The number of hydrogen-bond donors (Lipinski definition) is 1. The molecule has 17 heavy (non-hydrogen) atoms. The smallest absolute Gasteiger partial charge is 0.147 e. The summed E-state index contributed by atoms with van der Waals surface area (Å²) in [7, 11) is 0. The summed E-state index contributed by atoms with van der Waals surface area (Å²) in [6.45, 7) is 8.66. The zero-order valence-corrected chi connectivity index (χ0v) is 11.3. The molecule has 3 atom stereocenters. The van der Waals surface area contributed by atoms with E-state index in [2.05, 4.69) is 29.1 Å². The van der Waals surface area contributed by atoms with Crippen molar-refractivity contribution in [3.05, 3.63) is 17.6 Å². The first-order chi connectivity index (χ1) is 8.11. The Morgan fingerprint density at radius 2 is 2.12 bits per heavy atom. The third-order valence-electron chi connectivity index (χ3n) is 4.15. The molecule has 1 aliphatic carbocycles. The number of rotatable bonds is 3. The van der Waals surface area contributed by atoms with E-state index in [0.717, 1.165) is 29.0 Å². The van der Waals surface area contributed by atoms with Gasteiger partial charge in [0, 0.05) is 12.2 Å². The van der Waals surface area contributed by atoms with Gasteiger partial charge in [-0.15, -0.1) is 0 Å². The number of aryl methyl sites for hydroxylation is 2. The maximum absolute atomic E-state index is 4.55. The molecular weight excluding hydrogens is 210 g/mol. The summed E-state index contributed by atoms with van der Waals surface area (Å²) < 4.78 is 0. The first kappa shape index (κ1) is 12.3. The van der Waals surface area contributed by atoms with Crippen LogP contribution in [0.1, 0.15) is 44.5 Å². The fraction of sp³-hybridized carbons (Fsp3) is 0.714. The van der Waals surface area contributed by atoms with Crippen molar-refractivity contribution >= 4 is 5.82 Å². The average molecular weight is 233 g/mol. The number of aromatic nitrogens is 2. The predicted molar refractivity (Wildman–Crippen MR) is 71.1 cm³/mol. The molecule has 1 heterocycles. The first-order valence-electron chi connectivity index (χ1n) is 6.68. The fourth-order valence-electron chi connectivity index (χ4n) is 2.88. The Morgan fingerprint density at radius 3 is 2.76 bits per heavy atom. The van der Waals surface area contributed by atoms with Gasteiger partial charge in [-0.1, -0.05) is 20.3 Å². The second kappa shape index (κ2) is 5.03. The molecule has 1 fully saturated rings. The number of nitrogens with zero attached hydrogens (tertiary/aromatic N) is 2. The van der Waals surface area contributed by atoms with Gasteiger partial charge in [-0.3, -0.25) is 4.98 Å². The van der Waals surface area contributed by atoms with Crippen LogP contribution in [0.3, 0.4) is 0 Å². The maximum Gasteiger partial charge on any atom is 0.147 e. The van der Waals surface area contributed by atoms with Crippen LogP contribution in [0.15, 0.2) is 6.20 Å². The molecule has 0 spiro atoms. The summed E-state index contributed by atoms with van der Waals surface area (Å²) in [4.78, 5) is 8.91. The molecule has 0 bridgehead atoms. The molecule has 1 aliphatic rings. The highest BCUT2D eigenvalue weighted by Gasteiger charge is 2.31. The van der Waals surface area contributed by atoms with Crippen molar-refractivity contribution in [2.75, 3.05) is 5.32 Å². The quantitative estimate of drug-likeness (QED) is 0.870. The minimum atomic E-state index is 0.565. The second-order valence-electron chi connectivity index (χ2n) is 5.30. The molecule has 3 unspecified atom stereocenters. The lowest BCUT2D eigenvalue weighted by Gasteiger charge is -2.22. The van der Waals surface area contributed by atoms with Gasteiger partial charge in [0.25, 0.3) is 0 Å². The zero-order valence-electron chi connectivity index (χ0n) is 11.3. The van der Waals surface area contributed by atoms with Crippen LogP contribution in [0.4, 0.5) is 5.82 Å². The third-order valence-corrected chi connectivity index (χ3v) is 4.15. The van der Waals surface area contributed by atoms with Crippen molar-refractivity contribution in [1.82, 2.24) is 9.97 Å². The SMILES string of the molecule is CCC1CCC(Nc2nc(C)cnc2C)C1C. The van der Waals surface area contributed by atoms with Gasteiger partial charge in [-0.25, -0.2) is 4.98 Å². The highest BCUT2D eigenvalue weighted by Crippen LogP contribution is 2.35. The molecule has 0 aromatic carbocycles. The fourth-order valence-corrected chi connectivity index (χ4v) is 2.88. The van der Waals surface area contributed by atoms with Crippen LogP contribution in [0.2, 0.25) is 0 Å². The molecule has 1 saturated carbocycles. The van der Waals surface area contributed by atoms with Crippen LogP contribution >= 0.6 is 0 Å². The minimum Gasteiger partial charge on any atom is -0.366 e. The average Bonchev–Trinajstić information content (AvgIpc) is 2.65. The van der Waals surface area contributed by atoms with Crippen molar-refractivity contribution < 1.29 is 0 Å². The molecule has 1 aromatic heterocycles. The number of nitrogens with one attached hydrogen (secondary N) is 1. The largest absolute Gasteiger partial charge is 0.366 e. The molecule has 2 rings (SSSR count). The Morgan fingerprint density at radius 1 is 1.35 bits per heavy atom. The molecule has 1 N–H and O–H groups in total. The molecule has 94 valence electrons. The minimum absolute atomic E-state index is 0.565. The maximum atomic E-state index is 4.55. The van der Waals surface area contributed by atoms with E-state index in [4.69, 9.17) is 0 Å². The lowest BCUT2D eigenvalue weighted by Crippen LogP contribution is -2.25. The third kappa shape index (κ3) is 2.59. The Hall–Kier alpha value is -1.12. The molecule has 0 radical (unpaired) electrons. The molecule has 0 saturated heterocycles. The van der Waals surface area contributed by atoms with E-state index in [9.17, 15) is 0 Å². The molecule has 3 nitrogen and oxygen atoms in total. The van der Waals surface area contributed by atoms with Gasteiger partial charge in [-0.05, 0) is 38.5 Å². The summed E-state index contributed by atoms with van der Waals surface area (Å²) in [6, 6.07) is 0.565. The molecule has 0 aliphatic heterocycles. The lowest BCUT2D eigenvalue weighted by molar-refractivity contribution is 0.391.